The van der Waals surface area contributed by atoms with Gasteiger partial charge in [0.05, 0.1) is 5.75 Å². The van der Waals surface area contributed by atoms with Crippen molar-refractivity contribution in [1.82, 2.24) is 14.8 Å². The summed E-state index contributed by atoms with van der Waals surface area (Å²) in [6, 6.07) is 22.2. The van der Waals surface area contributed by atoms with Gasteiger partial charge >= 0.3 is 0 Å². The van der Waals surface area contributed by atoms with Crippen LogP contribution in [-0.2, 0) is 11.8 Å². The molecule has 5 nitrogen and oxygen atoms in total. The molecule has 30 heavy (non-hydrogen) atoms. The fourth-order valence-corrected chi connectivity index (χ4v) is 5.13. The topological polar surface area (TPSA) is 59.8 Å². The van der Waals surface area contributed by atoms with Gasteiger partial charge < -0.3 is 9.88 Å². The third kappa shape index (κ3) is 3.46. The van der Waals surface area contributed by atoms with Gasteiger partial charge in [-0.05, 0) is 17.5 Å². The Morgan fingerprint density at radius 1 is 1.00 bits per heavy atom. The van der Waals surface area contributed by atoms with Crippen molar-refractivity contribution in [2.75, 3.05) is 11.1 Å². The number of carbonyl (C=O) groups is 1. The average Bonchev–Trinajstić information content (AvgIpc) is 3.35. The number of fused-ring (bicyclic) bond motifs is 2. The second kappa shape index (κ2) is 7.93. The quantitative estimate of drug-likeness (QED) is 0.370. The molecule has 148 valence electrons. The molecule has 0 radical (unpaired) electrons. The molecule has 2 aromatic heterocycles. The molecule has 0 aliphatic heterocycles. The van der Waals surface area contributed by atoms with E-state index >= 15 is 0 Å². The summed E-state index contributed by atoms with van der Waals surface area (Å²) in [5.41, 5.74) is 1.89. The number of rotatable bonds is 5. The molecule has 0 aliphatic rings. The number of anilines is 1. The van der Waals surface area contributed by atoms with E-state index in [4.69, 9.17) is 0 Å². The highest BCUT2D eigenvalue weighted by atomic mass is 32.2. The van der Waals surface area contributed by atoms with Crippen molar-refractivity contribution in [2.45, 2.75) is 5.16 Å². The first-order chi connectivity index (χ1) is 14.7. The standard InChI is InChI=1S/C23H18N4OS2/c1-27-22(18-13-29-20-12-5-4-10-17(18)20)25-26-23(27)30-14-21(28)24-19-11-6-8-15-7-2-3-9-16(15)19/h2-13H,14H2,1H3,(H,24,28). The van der Waals surface area contributed by atoms with Gasteiger partial charge in [-0.15, -0.1) is 21.5 Å². The highest BCUT2D eigenvalue weighted by molar-refractivity contribution is 7.99. The van der Waals surface area contributed by atoms with Gasteiger partial charge in [0.1, 0.15) is 0 Å². The van der Waals surface area contributed by atoms with Crippen molar-refractivity contribution in [2.24, 2.45) is 7.05 Å². The average molecular weight is 431 g/mol. The summed E-state index contributed by atoms with van der Waals surface area (Å²) in [6.07, 6.45) is 0. The van der Waals surface area contributed by atoms with Crippen molar-refractivity contribution in [3.63, 3.8) is 0 Å². The molecule has 0 bridgehead atoms. The molecule has 1 N–H and O–H groups in total. The molecule has 0 unspecified atom stereocenters. The van der Waals surface area contributed by atoms with Gasteiger partial charge in [-0.2, -0.15) is 0 Å². The van der Waals surface area contributed by atoms with E-state index in [-0.39, 0.29) is 11.7 Å². The Labute approximate surface area is 181 Å². The van der Waals surface area contributed by atoms with Crippen LogP contribution in [0.25, 0.3) is 32.2 Å². The number of nitrogens with one attached hydrogen (secondary N) is 1. The monoisotopic (exact) mass is 430 g/mol. The molecule has 0 saturated heterocycles. The summed E-state index contributed by atoms with van der Waals surface area (Å²) in [7, 11) is 1.94. The molecule has 7 heteroatoms. The molecular formula is C23H18N4OS2. The molecule has 0 aliphatic carbocycles. The van der Waals surface area contributed by atoms with Crippen molar-refractivity contribution in [1.29, 1.82) is 0 Å². The maximum absolute atomic E-state index is 12.6. The minimum atomic E-state index is -0.0677. The molecule has 0 fully saturated rings. The van der Waals surface area contributed by atoms with E-state index in [1.54, 1.807) is 11.3 Å². The van der Waals surface area contributed by atoms with Gasteiger partial charge in [0.15, 0.2) is 11.0 Å². The first-order valence-corrected chi connectivity index (χ1v) is 11.3. The van der Waals surface area contributed by atoms with Crippen LogP contribution in [0.15, 0.2) is 77.3 Å². The first kappa shape index (κ1) is 18.8. The second-order valence-corrected chi connectivity index (χ2v) is 8.73. The number of nitrogens with zero attached hydrogens (tertiary/aromatic N) is 3. The van der Waals surface area contributed by atoms with E-state index < -0.39 is 0 Å². The van der Waals surface area contributed by atoms with E-state index in [0.29, 0.717) is 5.16 Å². The number of benzene rings is 3. The Bertz CT molecular complexity index is 1370. The van der Waals surface area contributed by atoms with Gasteiger partial charge in [0, 0.05) is 39.2 Å². The van der Waals surface area contributed by atoms with Gasteiger partial charge in [0.2, 0.25) is 5.91 Å². The summed E-state index contributed by atoms with van der Waals surface area (Å²) in [5.74, 6) is 1.01. The van der Waals surface area contributed by atoms with Gasteiger partial charge in [-0.25, -0.2) is 0 Å². The van der Waals surface area contributed by atoms with Gasteiger partial charge in [0.25, 0.3) is 0 Å². The predicted molar refractivity (Wildman–Crippen MR) is 125 cm³/mol. The fraction of sp³-hybridized carbons (Fsp3) is 0.0870. The van der Waals surface area contributed by atoms with Crippen LogP contribution in [0.2, 0.25) is 0 Å². The lowest BCUT2D eigenvalue weighted by molar-refractivity contribution is -0.113. The maximum atomic E-state index is 12.6. The predicted octanol–water partition coefficient (Wildman–Crippen LogP) is 5.58. The minimum Gasteiger partial charge on any atom is -0.325 e. The van der Waals surface area contributed by atoms with Crippen LogP contribution < -0.4 is 5.32 Å². The largest absolute Gasteiger partial charge is 0.325 e. The van der Waals surface area contributed by atoms with E-state index in [1.807, 2.05) is 66.2 Å². The first-order valence-electron chi connectivity index (χ1n) is 9.47. The van der Waals surface area contributed by atoms with Crippen molar-refractivity contribution in [3.05, 3.63) is 72.1 Å². The number of carbonyl (C=O) groups excluding carboxylic acids is 1. The molecule has 0 atom stereocenters. The van der Waals surface area contributed by atoms with Gasteiger partial charge in [-0.1, -0.05) is 66.4 Å². The number of thioether (sulfide) groups is 1. The molecule has 5 aromatic rings. The van der Waals surface area contributed by atoms with Crippen LogP contribution in [0.5, 0.6) is 0 Å². The van der Waals surface area contributed by atoms with Crippen LogP contribution in [0.1, 0.15) is 0 Å². The van der Waals surface area contributed by atoms with Crippen LogP contribution in [0.4, 0.5) is 5.69 Å². The highest BCUT2D eigenvalue weighted by Crippen LogP contribution is 2.33. The molecule has 2 heterocycles. The van der Waals surface area contributed by atoms with Gasteiger partial charge in [-0.3, -0.25) is 4.79 Å². The molecule has 1 amide bonds. The van der Waals surface area contributed by atoms with Crippen molar-refractivity contribution < 1.29 is 4.79 Å². The molecule has 0 saturated carbocycles. The number of hydrogen-bond donors (Lipinski definition) is 1. The summed E-state index contributed by atoms with van der Waals surface area (Å²) >= 11 is 3.08. The Morgan fingerprint density at radius 2 is 1.77 bits per heavy atom. The zero-order valence-electron chi connectivity index (χ0n) is 16.2. The Kier molecular flexibility index (Phi) is 4.98. The summed E-state index contributed by atoms with van der Waals surface area (Å²) < 4.78 is 3.17. The molecular weight excluding hydrogens is 412 g/mol. The van der Waals surface area contributed by atoms with E-state index in [9.17, 15) is 4.79 Å². The van der Waals surface area contributed by atoms with E-state index in [2.05, 4.69) is 33.0 Å². The summed E-state index contributed by atoms with van der Waals surface area (Å²) in [4.78, 5) is 12.6. The van der Waals surface area contributed by atoms with Crippen LogP contribution in [0.3, 0.4) is 0 Å². The Hall–Kier alpha value is -3.16. The van der Waals surface area contributed by atoms with Crippen molar-refractivity contribution >= 4 is 55.6 Å². The fourth-order valence-electron chi connectivity index (χ4n) is 3.48. The molecule has 0 spiro atoms. The minimum absolute atomic E-state index is 0.0677. The molecule has 3 aromatic carbocycles. The van der Waals surface area contributed by atoms with E-state index in [0.717, 1.165) is 27.8 Å². The molecule has 5 rings (SSSR count). The SMILES string of the molecule is Cn1c(SCC(=O)Nc2cccc3ccccc23)nnc1-c1csc2ccccc12. The Morgan fingerprint density at radius 3 is 2.67 bits per heavy atom. The summed E-state index contributed by atoms with van der Waals surface area (Å²) in [6.45, 7) is 0. The third-order valence-electron chi connectivity index (χ3n) is 4.95. The van der Waals surface area contributed by atoms with Crippen LogP contribution >= 0.6 is 23.1 Å². The van der Waals surface area contributed by atoms with Crippen LogP contribution in [-0.4, -0.2) is 26.4 Å². The lowest BCUT2D eigenvalue weighted by Gasteiger charge is -2.08. The third-order valence-corrected chi connectivity index (χ3v) is 6.94. The lowest BCUT2D eigenvalue weighted by atomic mass is 10.1. The van der Waals surface area contributed by atoms with Crippen LogP contribution in [0, 0.1) is 0 Å². The zero-order valence-corrected chi connectivity index (χ0v) is 17.8. The Balaban J connectivity index is 1.32. The number of amides is 1. The number of thiophene rings is 1. The number of aromatic nitrogens is 3. The van der Waals surface area contributed by atoms with E-state index in [1.165, 1.54) is 21.8 Å². The second-order valence-electron chi connectivity index (χ2n) is 6.87. The lowest BCUT2D eigenvalue weighted by Crippen LogP contribution is -2.14. The highest BCUT2D eigenvalue weighted by Gasteiger charge is 2.16. The normalized spacial score (nSPS) is 11.2. The maximum Gasteiger partial charge on any atom is 0.234 e. The smallest absolute Gasteiger partial charge is 0.234 e. The number of hydrogen-bond acceptors (Lipinski definition) is 5. The summed E-state index contributed by atoms with van der Waals surface area (Å²) in [5, 5.41) is 17.8. The zero-order chi connectivity index (χ0) is 20.5. The van der Waals surface area contributed by atoms with Crippen molar-refractivity contribution in [3.8, 4) is 11.4 Å².